The van der Waals surface area contributed by atoms with E-state index in [0.29, 0.717) is 18.5 Å². The molecule has 1 saturated carbocycles. The monoisotopic (exact) mass is 419 g/mol. The Morgan fingerprint density at radius 3 is 2.61 bits per heavy atom. The molecule has 0 saturated heterocycles. The van der Waals surface area contributed by atoms with Crippen LogP contribution in [0.1, 0.15) is 85.2 Å². The van der Waals surface area contributed by atoms with Crippen LogP contribution in [0.2, 0.25) is 0 Å². The Hall–Kier alpha value is -2.20. The number of pyridine rings is 1. The highest BCUT2D eigenvalue weighted by atomic mass is 16.1. The Morgan fingerprint density at radius 1 is 1.16 bits per heavy atom. The summed E-state index contributed by atoms with van der Waals surface area (Å²) in [4.78, 5) is 19.8. The molecule has 2 aliphatic rings. The third kappa shape index (κ3) is 5.17. The Bertz CT molecular complexity index is 897. The lowest BCUT2D eigenvalue weighted by Gasteiger charge is -2.34. The summed E-state index contributed by atoms with van der Waals surface area (Å²) < 4.78 is 0. The minimum absolute atomic E-state index is 0.0222. The van der Waals surface area contributed by atoms with Gasteiger partial charge < -0.3 is 5.32 Å². The smallest absolute Gasteiger partial charge is 0.251 e. The molecular formula is C27H37N3O. The van der Waals surface area contributed by atoms with Gasteiger partial charge in [0.05, 0.1) is 12.2 Å². The van der Waals surface area contributed by atoms with Crippen molar-refractivity contribution in [1.82, 2.24) is 15.2 Å². The van der Waals surface area contributed by atoms with Gasteiger partial charge in [0.1, 0.15) is 0 Å². The Morgan fingerprint density at radius 2 is 1.94 bits per heavy atom. The van der Waals surface area contributed by atoms with E-state index >= 15 is 0 Å². The highest BCUT2D eigenvalue weighted by Crippen LogP contribution is 2.41. The van der Waals surface area contributed by atoms with Crippen LogP contribution in [0, 0.1) is 24.7 Å². The van der Waals surface area contributed by atoms with Crippen molar-refractivity contribution in [2.45, 2.75) is 72.5 Å². The Balaban J connectivity index is 1.43. The normalized spacial score (nSPS) is 23.7. The number of rotatable bonds is 6. The maximum absolute atomic E-state index is 12.8. The maximum Gasteiger partial charge on any atom is 0.251 e. The Kier molecular flexibility index (Phi) is 6.76. The number of carbonyl (C=O) groups is 1. The summed E-state index contributed by atoms with van der Waals surface area (Å²) in [6.07, 6.45) is 7.31. The Labute approximate surface area is 187 Å². The van der Waals surface area contributed by atoms with E-state index in [-0.39, 0.29) is 5.91 Å². The molecule has 1 fully saturated rings. The van der Waals surface area contributed by atoms with Gasteiger partial charge in [-0.05, 0) is 72.4 Å². The number of hydrogen-bond acceptors (Lipinski definition) is 3. The van der Waals surface area contributed by atoms with Gasteiger partial charge in [-0.15, -0.1) is 0 Å². The fraction of sp³-hybridized carbons (Fsp3) is 0.556. The van der Waals surface area contributed by atoms with Crippen LogP contribution in [-0.4, -0.2) is 22.3 Å². The van der Waals surface area contributed by atoms with Gasteiger partial charge >= 0.3 is 0 Å². The van der Waals surface area contributed by atoms with E-state index in [4.69, 9.17) is 0 Å². The summed E-state index contributed by atoms with van der Waals surface area (Å²) in [5.74, 6) is 2.25. The zero-order valence-corrected chi connectivity index (χ0v) is 19.5. The lowest BCUT2D eigenvalue weighted by Crippen LogP contribution is -2.32. The summed E-state index contributed by atoms with van der Waals surface area (Å²) in [7, 11) is 0. The first-order valence-electron chi connectivity index (χ1n) is 12.0. The number of amides is 1. The van der Waals surface area contributed by atoms with Crippen LogP contribution in [0.25, 0.3) is 0 Å². The number of fused-ring (bicyclic) bond motifs is 1. The molecule has 1 aliphatic heterocycles. The quantitative estimate of drug-likeness (QED) is 0.657. The summed E-state index contributed by atoms with van der Waals surface area (Å²) in [5, 5.41) is 3.03. The molecule has 4 heteroatoms. The highest BCUT2D eigenvalue weighted by Gasteiger charge is 2.34. The van der Waals surface area contributed by atoms with E-state index in [2.05, 4.69) is 48.1 Å². The molecule has 2 aromatic rings. The molecule has 0 bridgehead atoms. The second kappa shape index (κ2) is 9.52. The van der Waals surface area contributed by atoms with Crippen molar-refractivity contribution in [1.29, 1.82) is 0 Å². The molecule has 1 aliphatic carbocycles. The number of aromatic nitrogens is 1. The van der Waals surface area contributed by atoms with E-state index in [9.17, 15) is 4.79 Å². The molecule has 1 N–H and O–H groups in total. The first kappa shape index (κ1) is 22.0. The zero-order valence-electron chi connectivity index (χ0n) is 19.5. The largest absolute Gasteiger partial charge is 0.346 e. The van der Waals surface area contributed by atoms with Gasteiger partial charge in [0.25, 0.3) is 5.91 Å². The molecule has 4 nitrogen and oxygen atoms in total. The van der Waals surface area contributed by atoms with Crippen molar-refractivity contribution in [2.24, 2.45) is 17.8 Å². The number of nitrogens with zero attached hydrogens (tertiary/aromatic N) is 2. The summed E-state index contributed by atoms with van der Waals surface area (Å²) >= 11 is 0. The van der Waals surface area contributed by atoms with Gasteiger partial charge in [0.2, 0.25) is 0 Å². The molecule has 0 unspecified atom stereocenters. The van der Waals surface area contributed by atoms with E-state index in [1.807, 2.05) is 31.3 Å². The molecule has 1 amide bonds. The van der Waals surface area contributed by atoms with Crippen LogP contribution < -0.4 is 5.32 Å². The van der Waals surface area contributed by atoms with Gasteiger partial charge in [-0.2, -0.15) is 0 Å². The average molecular weight is 420 g/mol. The highest BCUT2D eigenvalue weighted by molar-refractivity contribution is 5.94. The number of aryl methyl sites for hydroxylation is 1. The molecule has 1 aromatic carbocycles. The first-order chi connectivity index (χ1) is 14.9. The molecule has 0 radical (unpaired) electrons. The first-order valence-corrected chi connectivity index (χ1v) is 12.0. The van der Waals surface area contributed by atoms with Crippen molar-refractivity contribution in [3.63, 3.8) is 0 Å². The number of benzene rings is 1. The fourth-order valence-corrected chi connectivity index (χ4v) is 5.36. The molecule has 2 heterocycles. The van der Waals surface area contributed by atoms with Crippen LogP contribution in [0.15, 0.2) is 36.5 Å². The number of nitrogens with one attached hydrogen (secondary N) is 1. The molecule has 166 valence electrons. The molecule has 0 spiro atoms. The zero-order chi connectivity index (χ0) is 22.0. The van der Waals surface area contributed by atoms with Crippen molar-refractivity contribution >= 4 is 5.91 Å². The van der Waals surface area contributed by atoms with Crippen LogP contribution in [-0.2, 0) is 13.1 Å². The van der Waals surface area contributed by atoms with E-state index < -0.39 is 0 Å². The average Bonchev–Trinajstić information content (AvgIpc) is 3.12. The van der Waals surface area contributed by atoms with Gasteiger partial charge in [-0.3, -0.25) is 14.7 Å². The SMILES string of the molecule is Cc1ccc(CNC(=O)c2ccc3c(c2)CN(CC2CCC(C)CC2)[C@H]3C(C)C)nc1. The number of hydrogen-bond donors (Lipinski definition) is 1. The maximum atomic E-state index is 12.8. The van der Waals surface area contributed by atoms with Gasteiger partial charge in [-0.1, -0.05) is 45.7 Å². The third-order valence-corrected chi connectivity index (χ3v) is 7.15. The van der Waals surface area contributed by atoms with E-state index in [0.717, 1.165) is 35.2 Å². The second-order valence-electron chi connectivity index (χ2n) is 10.2. The second-order valence-corrected chi connectivity index (χ2v) is 10.2. The lowest BCUT2D eigenvalue weighted by atomic mass is 9.82. The van der Waals surface area contributed by atoms with Crippen LogP contribution in [0.3, 0.4) is 0 Å². The molecule has 1 atom stereocenters. The van der Waals surface area contributed by atoms with Crippen molar-refractivity contribution < 1.29 is 4.79 Å². The predicted molar refractivity (Wildman–Crippen MR) is 126 cm³/mol. The molecule has 1 aromatic heterocycles. The van der Waals surface area contributed by atoms with Crippen molar-refractivity contribution in [3.05, 3.63) is 64.5 Å². The van der Waals surface area contributed by atoms with Gasteiger partial charge in [0, 0.05) is 30.9 Å². The predicted octanol–water partition coefficient (Wildman–Crippen LogP) is 5.66. The minimum atomic E-state index is -0.0222. The molecule has 31 heavy (non-hydrogen) atoms. The van der Waals surface area contributed by atoms with Crippen LogP contribution >= 0.6 is 0 Å². The topological polar surface area (TPSA) is 45.2 Å². The summed E-state index contributed by atoms with van der Waals surface area (Å²) in [6.45, 7) is 11.7. The molecule has 4 rings (SSSR count). The summed E-state index contributed by atoms with van der Waals surface area (Å²) in [6, 6.07) is 10.8. The van der Waals surface area contributed by atoms with Gasteiger partial charge in [-0.25, -0.2) is 0 Å². The van der Waals surface area contributed by atoms with Crippen LogP contribution in [0.5, 0.6) is 0 Å². The molecular weight excluding hydrogens is 382 g/mol. The fourth-order valence-electron chi connectivity index (χ4n) is 5.36. The van der Waals surface area contributed by atoms with E-state index in [1.165, 1.54) is 43.4 Å². The standard InChI is InChI=1S/C27H37N3O/c1-18(2)26-25-12-10-22(27(31)29-15-24-11-7-20(4)14-28-24)13-23(25)17-30(26)16-21-8-5-19(3)6-9-21/h7,10-14,18-19,21,26H,5-6,8-9,15-17H2,1-4H3,(H,29,31)/t19?,21?,26-/m0/s1. The van der Waals surface area contributed by atoms with E-state index in [1.54, 1.807) is 0 Å². The lowest BCUT2D eigenvalue weighted by molar-refractivity contribution is 0.0950. The van der Waals surface area contributed by atoms with Crippen LogP contribution in [0.4, 0.5) is 0 Å². The van der Waals surface area contributed by atoms with Crippen molar-refractivity contribution in [3.8, 4) is 0 Å². The van der Waals surface area contributed by atoms with Crippen molar-refractivity contribution in [2.75, 3.05) is 6.54 Å². The third-order valence-electron chi connectivity index (χ3n) is 7.15. The minimum Gasteiger partial charge on any atom is -0.346 e. The van der Waals surface area contributed by atoms with Gasteiger partial charge in [0.15, 0.2) is 0 Å². The summed E-state index contributed by atoms with van der Waals surface area (Å²) in [5.41, 5.74) is 5.50. The number of carbonyl (C=O) groups excluding carboxylic acids is 1.